The molecule has 15 aromatic rings. The molecule has 0 saturated heterocycles. The molecule has 0 aliphatic heterocycles. The van der Waals surface area contributed by atoms with Gasteiger partial charge in [0, 0.05) is 55.7 Å². The monoisotopic (exact) mass is 1060 g/mol. The molecule has 0 fully saturated rings. The summed E-state index contributed by atoms with van der Waals surface area (Å²) < 4.78 is 9.53. The summed E-state index contributed by atoms with van der Waals surface area (Å²) in [4.78, 5) is 4.83. The van der Waals surface area contributed by atoms with Crippen molar-refractivity contribution in [2.24, 2.45) is 0 Å². The van der Waals surface area contributed by atoms with Crippen molar-refractivity contribution >= 4 is 77.9 Å². The summed E-state index contributed by atoms with van der Waals surface area (Å²) in [5.41, 5.74) is 25.6. The fraction of sp³-hybridized carbons (Fsp3) is 0.0127. The molecule has 0 atom stereocenters. The van der Waals surface area contributed by atoms with Crippen molar-refractivity contribution in [1.29, 1.82) is 0 Å². The SMILES string of the molecule is c1ccc(-c2ccc(N(c3ccccc3)c3cc(-c4ccccc4)cc(N(c4ccc5c(c4)c4c6c(ccc4n5-c4ccccc4)C4(c5ccccc5-c5ccccc54)c4ccccc4-6)c4cccc5c4oc4ccccc45)c3)cc2)cc1. The predicted molar refractivity (Wildman–Crippen MR) is 345 cm³/mol. The van der Waals surface area contributed by atoms with Gasteiger partial charge in [-0.25, -0.2) is 0 Å². The van der Waals surface area contributed by atoms with Crippen molar-refractivity contribution in [2.45, 2.75) is 5.41 Å². The van der Waals surface area contributed by atoms with Crippen LogP contribution in [-0.4, -0.2) is 4.57 Å². The third kappa shape index (κ3) is 7.06. The first-order valence-electron chi connectivity index (χ1n) is 28.6. The van der Waals surface area contributed by atoms with E-state index in [4.69, 9.17) is 4.42 Å². The van der Waals surface area contributed by atoms with E-state index in [2.05, 4.69) is 324 Å². The lowest BCUT2D eigenvalue weighted by molar-refractivity contribution is 0.669. The van der Waals surface area contributed by atoms with E-state index >= 15 is 0 Å². The molecule has 388 valence electrons. The maximum atomic E-state index is 7.06. The molecule has 17 rings (SSSR count). The van der Waals surface area contributed by atoms with Gasteiger partial charge in [0.15, 0.2) is 5.58 Å². The lowest BCUT2D eigenvalue weighted by atomic mass is 9.70. The standard InChI is InChI=1S/C79H51N3O/c1-5-22-52(23-6-1)54-40-42-58(43-41-54)80(56-26-9-3-10-27-56)60-48-55(53-24-7-2-8-25-53)49-61(50-60)81(74-38-21-34-65-64-32-16-20-39-75(64)83-78(65)74)59-44-46-72-67(51-59)77-73(82(72)57-28-11-4-12-29-57)47-45-71-76(77)66-33-15-19-37-70(66)79(71)68-35-17-13-30-62(68)63-31-14-18-36-69(63)79/h1-51H. The number of benzene rings is 13. The van der Waals surface area contributed by atoms with E-state index in [9.17, 15) is 0 Å². The molecule has 2 heterocycles. The van der Waals surface area contributed by atoms with Gasteiger partial charge in [0.25, 0.3) is 0 Å². The second-order valence-corrected chi connectivity index (χ2v) is 21.9. The Morgan fingerprint density at radius 2 is 0.819 bits per heavy atom. The Morgan fingerprint density at radius 3 is 1.52 bits per heavy atom. The molecule has 0 saturated carbocycles. The van der Waals surface area contributed by atoms with Crippen LogP contribution < -0.4 is 9.80 Å². The Kier molecular flexibility index (Phi) is 10.5. The number of furan rings is 1. The Labute approximate surface area is 481 Å². The highest BCUT2D eigenvalue weighted by atomic mass is 16.3. The summed E-state index contributed by atoms with van der Waals surface area (Å²) in [7, 11) is 0. The van der Waals surface area contributed by atoms with Gasteiger partial charge < -0.3 is 18.8 Å². The minimum Gasteiger partial charge on any atom is -0.454 e. The molecule has 0 unspecified atom stereocenters. The first-order chi connectivity index (χ1) is 41.2. The van der Waals surface area contributed by atoms with Gasteiger partial charge in [0.05, 0.1) is 22.1 Å². The fourth-order valence-electron chi connectivity index (χ4n) is 14.1. The molecular weight excluding hydrogens is 1010 g/mol. The summed E-state index contributed by atoms with van der Waals surface area (Å²) >= 11 is 0. The summed E-state index contributed by atoms with van der Waals surface area (Å²) in [6, 6.07) is 113. The van der Waals surface area contributed by atoms with Gasteiger partial charge >= 0.3 is 0 Å². The summed E-state index contributed by atoms with van der Waals surface area (Å²) in [6.07, 6.45) is 0. The first-order valence-corrected chi connectivity index (χ1v) is 28.6. The van der Waals surface area contributed by atoms with Gasteiger partial charge in [0.2, 0.25) is 0 Å². The number of para-hydroxylation sites is 4. The van der Waals surface area contributed by atoms with E-state index in [1.807, 2.05) is 0 Å². The van der Waals surface area contributed by atoms with E-state index in [1.54, 1.807) is 0 Å². The van der Waals surface area contributed by atoms with Crippen LogP contribution in [0, 0.1) is 0 Å². The molecular formula is C79H51N3O. The van der Waals surface area contributed by atoms with Gasteiger partial charge in [-0.1, -0.05) is 218 Å². The van der Waals surface area contributed by atoms with Crippen LogP contribution in [0.4, 0.5) is 34.1 Å². The van der Waals surface area contributed by atoms with Crippen LogP contribution in [0.5, 0.6) is 0 Å². The van der Waals surface area contributed by atoms with Crippen molar-refractivity contribution in [1.82, 2.24) is 4.57 Å². The number of hydrogen-bond acceptors (Lipinski definition) is 3. The van der Waals surface area contributed by atoms with E-state index in [-0.39, 0.29) is 0 Å². The zero-order valence-electron chi connectivity index (χ0n) is 45.2. The van der Waals surface area contributed by atoms with Crippen LogP contribution in [-0.2, 0) is 5.41 Å². The second kappa shape index (κ2) is 18.6. The minimum atomic E-state index is -0.504. The largest absolute Gasteiger partial charge is 0.454 e. The van der Waals surface area contributed by atoms with Crippen LogP contribution in [0.15, 0.2) is 314 Å². The summed E-state index contributed by atoms with van der Waals surface area (Å²) in [6.45, 7) is 0. The molecule has 0 radical (unpaired) electrons. The third-order valence-electron chi connectivity index (χ3n) is 17.5. The Balaban J connectivity index is 0.964. The summed E-state index contributed by atoms with van der Waals surface area (Å²) in [5.74, 6) is 0. The second-order valence-electron chi connectivity index (χ2n) is 21.9. The maximum Gasteiger partial charge on any atom is 0.159 e. The van der Waals surface area contributed by atoms with Crippen LogP contribution in [0.3, 0.4) is 0 Å². The lowest BCUT2D eigenvalue weighted by Gasteiger charge is -2.30. The molecule has 4 nitrogen and oxygen atoms in total. The highest BCUT2D eigenvalue weighted by Crippen LogP contribution is 2.64. The van der Waals surface area contributed by atoms with Crippen molar-refractivity contribution in [3.05, 3.63) is 332 Å². The van der Waals surface area contributed by atoms with Crippen LogP contribution in [0.2, 0.25) is 0 Å². The smallest absolute Gasteiger partial charge is 0.159 e. The van der Waals surface area contributed by atoms with E-state index in [0.717, 1.165) is 94.9 Å². The third-order valence-corrected chi connectivity index (χ3v) is 17.5. The Hall–Kier alpha value is -10.9. The molecule has 13 aromatic carbocycles. The molecule has 83 heavy (non-hydrogen) atoms. The molecule has 0 bridgehead atoms. The van der Waals surface area contributed by atoms with Gasteiger partial charge in [-0.3, -0.25) is 0 Å². The average molecular weight is 1060 g/mol. The zero-order valence-corrected chi connectivity index (χ0v) is 45.2. The van der Waals surface area contributed by atoms with Crippen molar-refractivity contribution in [3.63, 3.8) is 0 Å². The molecule has 1 spiro atoms. The van der Waals surface area contributed by atoms with Gasteiger partial charge in [0.1, 0.15) is 5.58 Å². The van der Waals surface area contributed by atoms with E-state index in [1.165, 1.54) is 55.5 Å². The van der Waals surface area contributed by atoms with Crippen molar-refractivity contribution in [3.8, 4) is 50.2 Å². The van der Waals surface area contributed by atoms with Gasteiger partial charge in [-0.2, -0.15) is 0 Å². The number of hydrogen-bond donors (Lipinski definition) is 0. The Morgan fingerprint density at radius 1 is 0.301 bits per heavy atom. The van der Waals surface area contributed by atoms with Gasteiger partial charge in [-0.05, 0) is 158 Å². The normalized spacial score (nSPS) is 12.7. The van der Waals surface area contributed by atoms with E-state index in [0.29, 0.717) is 0 Å². The topological polar surface area (TPSA) is 24.6 Å². The predicted octanol–water partition coefficient (Wildman–Crippen LogP) is 21.3. The van der Waals surface area contributed by atoms with Crippen molar-refractivity contribution < 1.29 is 4.42 Å². The maximum absolute atomic E-state index is 7.06. The quantitative estimate of drug-likeness (QED) is 0.144. The minimum absolute atomic E-state index is 0.504. The summed E-state index contributed by atoms with van der Waals surface area (Å²) in [5, 5.41) is 4.53. The fourth-order valence-corrected chi connectivity index (χ4v) is 14.1. The number of fused-ring (bicyclic) bond motifs is 17. The zero-order chi connectivity index (χ0) is 54.6. The van der Waals surface area contributed by atoms with Crippen molar-refractivity contribution in [2.75, 3.05) is 9.80 Å². The number of nitrogens with zero attached hydrogens (tertiary/aromatic N) is 3. The molecule has 2 aromatic heterocycles. The number of rotatable bonds is 9. The lowest BCUT2D eigenvalue weighted by Crippen LogP contribution is -2.25. The van der Waals surface area contributed by atoms with Crippen LogP contribution in [0.1, 0.15) is 22.3 Å². The molecule has 4 heteroatoms. The Bertz CT molecular complexity index is 4980. The number of anilines is 6. The van der Waals surface area contributed by atoms with Gasteiger partial charge in [-0.15, -0.1) is 0 Å². The molecule has 2 aliphatic rings. The molecule has 0 N–H and O–H groups in total. The first kappa shape index (κ1) is 46.9. The van der Waals surface area contributed by atoms with Crippen LogP contribution >= 0.6 is 0 Å². The number of aromatic nitrogens is 1. The average Bonchev–Trinajstić information content (AvgIpc) is 2.28. The molecule has 2 aliphatic carbocycles. The molecule has 0 amide bonds. The van der Waals surface area contributed by atoms with E-state index < -0.39 is 5.41 Å². The highest BCUT2D eigenvalue weighted by molar-refractivity contribution is 6.20. The highest BCUT2D eigenvalue weighted by Gasteiger charge is 2.52. The van der Waals surface area contributed by atoms with Crippen LogP contribution in [0.25, 0.3) is 93.9 Å².